The van der Waals surface area contributed by atoms with E-state index in [1.165, 1.54) is 0 Å². The molecule has 104 valence electrons. The average Bonchev–Trinajstić information content (AvgIpc) is 2.37. The smallest absolute Gasteiger partial charge is 0.191 e. The van der Waals surface area contributed by atoms with Crippen molar-refractivity contribution in [2.24, 2.45) is 16.1 Å². The number of rotatable bonds is 2. The van der Waals surface area contributed by atoms with Crippen LogP contribution in [0, 0.1) is 5.41 Å². The minimum Gasteiger partial charge on any atom is -0.381 e. The monoisotopic (exact) mass is 255 g/mol. The summed E-state index contributed by atoms with van der Waals surface area (Å²) in [6.45, 7) is 9.26. The molecular weight excluding hydrogens is 230 g/mol. The molecule has 1 unspecified atom stereocenters. The number of nitrogens with zero attached hydrogens (tertiary/aromatic N) is 2. The molecule has 2 saturated heterocycles. The molecule has 0 spiro atoms. The fourth-order valence-electron chi connectivity index (χ4n) is 2.42. The summed E-state index contributed by atoms with van der Waals surface area (Å²) in [6, 6.07) is 0. The minimum absolute atomic E-state index is 0.242. The zero-order valence-corrected chi connectivity index (χ0v) is 11.5. The molecule has 0 saturated carbocycles. The van der Waals surface area contributed by atoms with Crippen LogP contribution in [0.15, 0.2) is 4.99 Å². The van der Waals surface area contributed by atoms with Crippen LogP contribution < -0.4 is 5.73 Å². The Hall–Kier alpha value is -0.810. The maximum absolute atomic E-state index is 6.08. The van der Waals surface area contributed by atoms with Crippen molar-refractivity contribution in [1.29, 1.82) is 0 Å². The Morgan fingerprint density at radius 2 is 2.11 bits per heavy atom. The summed E-state index contributed by atoms with van der Waals surface area (Å²) < 4.78 is 10.9. The second-order valence-electron chi connectivity index (χ2n) is 5.72. The van der Waals surface area contributed by atoms with Gasteiger partial charge in [0.25, 0.3) is 0 Å². The van der Waals surface area contributed by atoms with E-state index in [-0.39, 0.29) is 11.5 Å². The number of guanidine groups is 1. The molecule has 18 heavy (non-hydrogen) atoms. The molecule has 5 nitrogen and oxygen atoms in total. The van der Waals surface area contributed by atoms with Crippen molar-refractivity contribution >= 4 is 5.96 Å². The van der Waals surface area contributed by atoms with Gasteiger partial charge in [0.15, 0.2) is 5.96 Å². The van der Waals surface area contributed by atoms with Gasteiger partial charge in [-0.05, 0) is 25.2 Å². The fraction of sp³-hybridized carbons (Fsp3) is 0.923. The summed E-state index contributed by atoms with van der Waals surface area (Å²) in [5.74, 6) is 0.665. The largest absolute Gasteiger partial charge is 0.381 e. The van der Waals surface area contributed by atoms with Crippen molar-refractivity contribution in [2.45, 2.75) is 32.8 Å². The Labute approximate surface area is 109 Å². The Balaban J connectivity index is 1.87. The van der Waals surface area contributed by atoms with Crippen LogP contribution in [0.1, 0.15) is 26.7 Å². The fourth-order valence-corrected chi connectivity index (χ4v) is 2.42. The van der Waals surface area contributed by atoms with Gasteiger partial charge in [-0.2, -0.15) is 0 Å². The van der Waals surface area contributed by atoms with Crippen LogP contribution in [-0.4, -0.2) is 56.4 Å². The maximum Gasteiger partial charge on any atom is 0.191 e. The van der Waals surface area contributed by atoms with E-state index in [1.54, 1.807) is 0 Å². The number of nitrogens with two attached hydrogens (primary N) is 1. The Kier molecular flexibility index (Phi) is 4.45. The van der Waals surface area contributed by atoms with Crippen LogP contribution >= 0.6 is 0 Å². The van der Waals surface area contributed by atoms with E-state index in [0.29, 0.717) is 5.96 Å². The quantitative estimate of drug-likeness (QED) is 0.587. The van der Waals surface area contributed by atoms with Gasteiger partial charge >= 0.3 is 0 Å². The highest BCUT2D eigenvalue weighted by Crippen LogP contribution is 2.29. The summed E-state index contributed by atoms with van der Waals surface area (Å²) in [6.07, 6.45) is 2.39. The van der Waals surface area contributed by atoms with Gasteiger partial charge in [-0.15, -0.1) is 0 Å². The first-order valence-electron chi connectivity index (χ1n) is 6.83. The third kappa shape index (κ3) is 3.59. The Morgan fingerprint density at radius 3 is 2.78 bits per heavy atom. The molecule has 2 aliphatic rings. The van der Waals surface area contributed by atoms with Crippen LogP contribution in [0.2, 0.25) is 0 Å². The average molecular weight is 255 g/mol. The van der Waals surface area contributed by atoms with E-state index in [2.05, 4.69) is 23.7 Å². The number of hydrogen-bond acceptors (Lipinski definition) is 3. The van der Waals surface area contributed by atoms with Crippen molar-refractivity contribution in [2.75, 3.05) is 39.5 Å². The lowest BCUT2D eigenvalue weighted by Gasteiger charge is -2.34. The molecule has 0 aliphatic carbocycles. The topological polar surface area (TPSA) is 60.1 Å². The minimum atomic E-state index is 0.242. The van der Waals surface area contributed by atoms with Gasteiger partial charge in [-0.3, -0.25) is 4.99 Å². The molecule has 2 N–H and O–H groups in total. The molecule has 2 fully saturated rings. The summed E-state index contributed by atoms with van der Waals surface area (Å²) in [4.78, 5) is 6.71. The molecule has 0 amide bonds. The Morgan fingerprint density at radius 1 is 1.39 bits per heavy atom. The SMILES string of the molecule is CC1CN(C(N)=NCC2(C)CCOCC2)CCO1. The predicted molar refractivity (Wildman–Crippen MR) is 71.6 cm³/mol. The first-order valence-corrected chi connectivity index (χ1v) is 6.83. The molecule has 0 aromatic heterocycles. The molecule has 1 atom stereocenters. The van der Waals surface area contributed by atoms with Gasteiger partial charge < -0.3 is 20.1 Å². The van der Waals surface area contributed by atoms with Crippen LogP contribution in [0.25, 0.3) is 0 Å². The Bertz CT molecular complexity index is 301. The van der Waals surface area contributed by atoms with Crippen molar-refractivity contribution in [3.8, 4) is 0 Å². The van der Waals surface area contributed by atoms with E-state index in [4.69, 9.17) is 15.2 Å². The first-order chi connectivity index (χ1) is 8.59. The highest BCUT2D eigenvalue weighted by molar-refractivity contribution is 5.78. The van der Waals surface area contributed by atoms with Crippen LogP contribution in [0.3, 0.4) is 0 Å². The molecule has 2 heterocycles. The molecule has 5 heteroatoms. The van der Waals surface area contributed by atoms with Gasteiger partial charge in [0, 0.05) is 32.8 Å². The van der Waals surface area contributed by atoms with Gasteiger partial charge in [0.05, 0.1) is 12.7 Å². The van der Waals surface area contributed by atoms with Crippen molar-refractivity contribution in [3.05, 3.63) is 0 Å². The molecule has 0 aromatic carbocycles. The molecule has 2 aliphatic heterocycles. The van der Waals surface area contributed by atoms with Gasteiger partial charge in [0.2, 0.25) is 0 Å². The summed E-state index contributed by atoms with van der Waals surface area (Å²) in [7, 11) is 0. The van der Waals surface area contributed by atoms with Crippen LogP contribution in [-0.2, 0) is 9.47 Å². The summed E-state index contributed by atoms with van der Waals surface area (Å²) >= 11 is 0. The molecule has 2 rings (SSSR count). The standard InChI is InChI=1S/C13H25N3O2/c1-11-9-16(5-8-18-11)12(14)15-10-13(2)3-6-17-7-4-13/h11H,3-10H2,1-2H3,(H2,14,15). The zero-order chi connectivity index (χ0) is 13.0. The van der Waals surface area contributed by atoms with Crippen molar-refractivity contribution < 1.29 is 9.47 Å². The van der Waals surface area contributed by atoms with Crippen LogP contribution in [0.4, 0.5) is 0 Å². The van der Waals surface area contributed by atoms with E-state index < -0.39 is 0 Å². The molecule has 0 radical (unpaired) electrons. The number of aliphatic imine (C=N–C) groups is 1. The van der Waals surface area contributed by atoms with Crippen LogP contribution in [0.5, 0.6) is 0 Å². The third-order valence-electron chi connectivity index (χ3n) is 3.89. The zero-order valence-electron chi connectivity index (χ0n) is 11.5. The molecular formula is C13H25N3O2. The summed E-state index contributed by atoms with van der Waals surface area (Å²) in [5.41, 5.74) is 6.33. The van der Waals surface area contributed by atoms with E-state index in [0.717, 1.165) is 52.3 Å². The lowest BCUT2D eigenvalue weighted by molar-refractivity contribution is 0.00488. The first kappa shape index (κ1) is 13.6. The number of hydrogen-bond donors (Lipinski definition) is 1. The second-order valence-corrected chi connectivity index (χ2v) is 5.72. The second kappa shape index (κ2) is 5.89. The van der Waals surface area contributed by atoms with E-state index in [9.17, 15) is 0 Å². The highest BCUT2D eigenvalue weighted by Gasteiger charge is 2.27. The molecule has 0 bridgehead atoms. The molecule has 0 aromatic rings. The lowest BCUT2D eigenvalue weighted by Crippen LogP contribution is -2.48. The third-order valence-corrected chi connectivity index (χ3v) is 3.89. The van der Waals surface area contributed by atoms with Gasteiger partial charge in [-0.1, -0.05) is 6.92 Å². The normalized spacial score (nSPS) is 29.3. The van der Waals surface area contributed by atoms with Crippen molar-refractivity contribution in [3.63, 3.8) is 0 Å². The van der Waals surface area contributed by atoms with E-state index in [1.807, 2.05) is 0 Å². The lowest BCUT2D eigenvalue weighted by atomic mass is 9.83. The van der Waals surface area contributed by atoms with Gasteiger partial charge in [0.1, 0.15) is 0 Å². The highest BCUT2D eigenvalue weighted by atomic mass is 16.5. The van der Waals surface area contributed by atoms with Crippen molar-refractivity contribution in [1.82, 2.24) is 4.90 Å². The number of ether oxygens (including phenoxy) is 2. The van der Waals surface area contributed by atoms with E-state index >= 15 is 0 Å². The predicted octanol–water partition coefficient (Wildman–Crippen LogP) is 0.838. The number of morpholine rings is 1. The maximum atomic E-state index is 6.08. The summed E-state index contributed by atoms with van der Waals surface area (Å²) in [5, 5.41) is 0. The van der Waals surface area contributed by atoms with Gasteiger partial charge in [-0.25, -0.2) is 0 Å².